The second-order valence-corrected chi connectivity index (χ2v) is 8.46. The van der Waals surface area contributed by atoms with Gasteiger partial charge in [0.05, 0.1) is 11.2 Å². The van der Waals surface area contributed by atoms with Gasteiger partial charge in [0.25, 0.3) is 0 Å². The van der Waals surface area contributed by atoms with Gasteiger partial charge in [0.1, 0.15) is 5.01 Å². The maximum Gasteiger partial charge on any atom is 0.114 e. The monoisotopic (exact) mass is 282 g/mol. The molecule has 1 aliphatic heterocycles. The third kappa shape index (κ3) is 2.23. The standard InChI is InChI=1S/C14H22N2S2/c1-9(2)16-14(7-10(3)17-8-14)13-15-11-5-4-6-12(11)18-13/h9-10,16H,4-8H2,1-3H3. The summed E-state index contributed by atoms with van der Waals surface area (Å²) in [5, 5.41) is 5.92. The van der Waals surface area contributed by atoms with Crippen molar-refractivity contribution in [3.63, 3.8) is 0 Å². The zero-order valence-electron chi connectivity index (χ0n) is 11.5. The molecule has 0 radical (unpaired) electrons. The van der Waals surface area contributed by atoms with Crippen LogP contribution in [0.25, 0.3) is 0 Å². The van der Waals surface area contributed by atoms with Crippen molar-refractivity contribution in [3.05, 3.63) is 15.6 Å². The van der Waals surface area contributed by atoms with E-state index in [9.17, 15) is 0 Å². The zero-order valence-corrected chi connectivity index (χ0v) is 13.1. The van der Waals surface area contributed by atoms with E-state index in [2.05, 4.69) is 37.8 Å². The Morgan fingerprint density at radius 3 is 2.83 bits per heavy atom. The van der Waals surface area contributed by atoms with Crippen LogP contribution in [0.15, 0.2) is 0 Å². The minimum absolute atomic E-state index is 0.146. The molecule has 0 aromatic carbocycles. The van der Waals surface area contributed by atoms with Crippen molar-refractivity contribution in [3.8, 4) is 0 Å². The Bertz CT molecular complexity index is 420. The first-order valence-electron chi connectivity index (χ1n) is 6.97. The lowest BCUT2D eigenvalue weighted by Gasteiger charge is -2.30. The summed E-state index contributed by atoms with van der Waals surface area (Å²) in [4.78, 5) is 6.53. The van der Waals surface area contributed by atoms with Crippen molar-refractivity contribution in [2.45, 2.75) is 63.3 Å². The highest BCUT2D eigenvalue weighted by Crippen LogP contribution is 2.44. The van der Waals surface area contributed by atoms with Gasteiger partial charge in [-0.2, -0.15) is 11.8 Å². The first-order valence-corrected chi connectivity index (χ1v) is 8.84. The van der Waals surface area contributed by atoms with Gasteiger partial charge in [-0.1, -0.05) is 6.92 Å². The number of fused-ring (bicyclic) bond motifs is 1. The second-order valence-electron chi connectivity index (χ2n) is 5.95. The van der Waals surface area contributed by atoms with Gasteiger partial charge in [0.2, 0.25) is 0 Å². The van der Waals surface area contributed by atoms with Gasteiger partial charge in [0.15, 0.2) is 0 Å². The molecular formula is C14H22N2S2. The van der Waals surface area contributed by atoms with Crippen molar-refractivity contribution in [1.29, 1.82) is 0 Å². The van der Waals surface area contributed by atoms with Crippen LogP contribution in [0.1, 0.15) is 49.2 Å². The van der Waals surface area contributed by atoms with Gasteiger partial charge in [-0.15, -0.1) is 11.3 Å². The molecule has 18 heavy (non-hydrogen) atoms. The number of aromatic nitrogens is 1. The van der Waals surface area contributed by atoms with Crippen molar-refractivity contribution >= 4 is 23.1 Å². The van der Waals surface area contributed by atoms with E-state index < -0.39 is 0 Å². The Labute approximate surface area is 118 Å². The minimum Gasteiger partial charge on any atom is -0.302 e. The molecule has 1 aliphatic carbocycles. The summed E-state index contributed by atoms with van der Waals surface area (Å²) in [6.07, 6.45) is 4.99. The van der Waals surface area contributed by atoms with E-state index in [0.29, 0.717) is 6.04 Å². The van der Waals surface area contributed by atoms with Crippen molar-refractivity contribution in [1.82, 2.24) is 10.3 Å². The molecule has 3 rings (SSSR count). The molecule has 100 valence electrons. The minimum atomic E-state index is 0.146. The lowest BCUT2D eigenvalue weighted by atomic mass is 9.96. The van der Waals surface area contributed by atoms with Crippen LogP contribution in [-0.4, -0.2) is 22.0 Å². The lowest BCUT2D eigenvalue weighted by Crippen LogP contribution is -2.46. The molecular weight excluding hydrogens is 260 g/mol. The highest BCUT2D eigenvalue weighted by Gasteiger charge is 2.43. The SMILES string of the molecule is CC(C)NC1(c2nc3c(s2)CCC3)CSC(C)C1. The van der Waals surface area contributed by atoms with Crippen LogP contribution in [-0.2, 0) is 18.4 Å². The highest BCUT2D eigenvalue weighted by atomic mass is 32.2. The molecule has 2 atom stereocenters. The number of hydrogen-bond acceptors (Lipinski definition) is 4. The molecule has 4 heteroatoms. The van der Waals surface area contributed by atoms with Crippen LogP contribution >= 0.6 is 23.1 Å². The molecule has 0 saturated carbocycles. The largest absolute Gasteiger partial charge is 0.302 e. The molecule has 1 aromatic heterocycles. The van der Waals surface area contributed by atoms with Crippen LogP contribution in [0.2, 0.25) is 0 Å². The molecule has 1 aromatic rings. The Morgan fingerprint density at radius 2 is 2.22 bits per heavy atom. The fourth-order valence-corrected chi connectivity index (χ4v) is 5.86. The van der Waals surface area contributed by atoms with Crippen molar-refractivity contribution in [2.75, 3.05) is 5.75 Å². The molecule has 2 heterocycles. The topological polar surface area (TPSA) is 24.9 Å². The first-order chi connectivity index (χ1) is 8.59. The number of thiazole rings is 1. The van der Waals surface area contributed by atoms with E-state index in [1.54, 1.807) is 4.88 Å². The Hall–Kier alpha value is -0.0600. The fourth-order valence-electron chi connectivity index (χ4n) is 3.15. The first kappa shape index (κ1) is 12.9. The third-order valence-corrected chi connectivity index (χ3v) is 6.58. The molecule has 1 fully saturated rings. The van der Waals surface area contributed by atoms with Crippen LogP contribution < -0.4 is 5.32 Å². The molecule has 0 amide bonds. The lowest BCUT2D eigenvalue weighted by molar-refractivity contribution is 0.330. The average Bonchev–Trinajstić information content (AvgIpc) is 2.90. The predicted octanol–water partition coefficient (Wildman–Crippen LogP) is 3.35. The van der Waals surface area contributed by atoms with E-state index in [0.717, 1.165) is 5.25 Å². The third-order valence-electron chi connectivity index (χ3n) is 3.82. The van der Waals surface area contributed by atoms with Gasteiger partial charge in [0, 0.05) is 21.9 Å². The van der Waals surface area contributed by atoms with Crippen molar-refractivity contribution in [2.24, 2.45) is 0 Å². The number of thioether (sulfide) groups is 1. The maximum atomic E-state index is 4.98. The summed E-state index contributed by atoms with van der Waals surface area (Å²) in [5.74, 6) is 1.18. The van der Waals surface area contributed by atoms with Gasteiger partial charge < -0.3 is 5.32 Å². The number of rotatable bonds is 3. The molecule has 1 N–H and O–H groups in total. The summed E-state index contributed by atoms with van der Waals surface area (Å²) in [6.45, 7) is 6.84. The molecule has 2 unspecified atom stereocenters. The van der Waals surface area contributed by atoms with Gasteiger partial charge >= 0.3 is 0 Å². The highest BCUT2D eigenvalue weighted by molar-refractivity contribution is 8.00. The van der Waals surface area contributed by atoms with Crippen LogP contribution in [0.4, 0.5) is 0 Å². The van der Waals surface area contributed by atoms with Gasteiger partial charge in [-0.25, -0.2) is 4.98 Å². The zero-order chi connectivity index (χ0) is 12.8. The molecule has 1 saturated heterocycles. The molecule has 2 nitrogen and oxygen atoms in total. The number of nitrogens with one attached hydrogen (secondary N) is 1. The molecule has 2 aliphatic rings. The van der Waals surface area contributed by atoms with E-state index in [4.69, 9.17) is 4.98 Å². The number of aryl methyl sites for hydroxylation is 2. The smallest absolute Gasteiger partial charge is 0.114 e. The van der Waals surface area contributed by atoms with E-state index in [1.807, 2.05) is 11.3 Å². The van der Waals surface area contributed by atoms with E-state index in [-0.39, 0.29) is 5.54 Å². The number of hydrogen-bond donors (Lipinski definition) is 1. The van der Waals surface area contributed by atoms with Gasteiger partial charge in [-0.05, 0) is 39.5 Å². The maximum absolute atomic E-state index is 4.98. The second kappa shape index (κ2) is 4.80. The van der Waals surface area contributed by atoms with E-state index in [1.165, 1.54) is 42.1 Å². The van der Waals surface area contributed by atoms with E-state index >= 15 is 0 Å². The van der Waals surface area contributed by atoms with Crippen LogP contribution in [0.5, 0.6) is 0 Å². The average molecular weight is 282 g/mol. The van der Waals surface area contributed by atoms with Crippen molar-refractivity contribution < 1.29 is 0 Å². The fraction of sp³-hybridized carbons (Fsp3) is 0.786. The summed E-state index contributed by atoms with van der Waals surface area (Å²) in [5.41, 5.74) is 1.54. The van der Waals surface area contributed by atoms with Crippen LogP contribution in [0.3, 0.4) is 0 Å². The summed E-state index contributed by atoms with van der Waals surface area (Å²) in [6, 6.07) is 0.523. The van der Waals surface area contributed by atoms with Gasteiger partial charge in [-0.3, -0.25) is 0 Å². The summed E-state index contributed by atoms with van der Waals surface area (Å²) < 4.78 is 0. The quantitative estimate of drug-likeness (QED) is 0.920. The number of nitrogens with zero attached hydrogens (tertiary/aromatic N) is 1. The van der Waals surface area contributed by atoms with Crippen LogP contribution in [0, 0.1) is 0 Å². The Balaban J connectivity index is 1.92. The molecule has 0 bridgehead atoms. The Morgan fingerprint density at radius 1 is 1.39 bits per heavy atom. The molecule has 0 spiro atoms. The normalized spacial score (nSPS) is 31.2. The predicted molar refractivity (Wildman–Crippen MR) is 80.6 cm³/mol. The Kier molecular flexibility index (Phi) is 3.45. The summed E-state index contributed by atoms with van der Waals surface area (Å²) in [7, 11) is 0. The summed E-state index contributed by atoms with van der Waals surface area (Å²) >= 11 is 4.06.